The smallest absolute Gasteiger partial charge is 0.161 e. The predicted octanol–water partition coefficient (Wildman–Crippen LogP) is 1.87. The van der Waals surface area contributed by atoms with E-state index in [0.717, 1.165) is 30.2 Å². The predicted molar refractivity (Wildman–Crippen MR) is 76.6 cm³/mol. The summed E-state index contributed by atoms with van der Waals surface area (Å²) in [6, 6.07) is 5.87. The molecule has 106 valence electrons. The fourth-order valence-electron chi connectivity index (χ4n) is 2.58. The van der Waals surface area contributed by atoms with Gasteiger partial charge in [-0.25, -0.2) is 0 Å². The zero-order valence-electron chi connectivity index (χ0n) is 11.9. The van der Waals surface area contributed by atoms with Crippen LogP contribution in [0.2, 0.25) is 0 Å². The molecule has 4 nitrogen and oxygen atoms in total. The number of piperidine rings is 1. The van der Waals surface area contributed by atoms with Gasteiger partial charge in [-0.1, -0.05) is 6.07 Å². The molecule has 0 radical (unpaired) electrons. The van der Waals surface area contributed by atoms with Crippen molar-refractivity contribution in [3.05, 3.63) is 23.8 Å². The van der Waals surface area contributed by atoms with Crippen molar-refractivity contribution in [2.75, 3.05) is 33.9 Å². The first-order valence-corrected chi connectivity index (χ1v) is 6.91. The fraction of sp³-hybridized carbons (Fsp3) is 0.600. The van der Waals surface area contributed by atoms with Crippen molar-refractivity contribution in [2.45, 2.75) is 19.4 Å². The van der Waals surface area contributed by atoms with Crippen molar-refractivity contribution in [1.82, 2.24) is 4.90 Å². The fourth-order valence-corrected chi connectivity index (χ4v) is 2.58. The van der Waals surface area contributed by atoms with E-state index in [9.17, 15) is 0 Å². The van der Waals surface area contributed by atoms with Gasteiger partial charge in [0.05, 0.1) is 13.7 Å². The molecule has 1 fully saturated rings. The molecule has 0 spiro atoms. The maximum Gasteiger partial charge on any atom is 0.161 e. The number of benzene rings is 1. The number of rotatable bonds is 5. The summed E-state index contributed by atoms with van der Waals surface area (Å²) in [5.74, 6) is 2.19. The number of nitrogens with zero attached hydrogens (tertiary/aromatic N) is 1. The molecule has 2 rings (SSSR count). The summed E-state index contributed by atoms with van der Waals surface area (Å²) in [6.45, 7) is 3.57. The molecular formula is C15H24N2O2. The quantitative estimate of drug-likeness (QED) is 0.882. The average molecular weight is 264 g/mol. The molecule has 1 unspecified atom stereocenters. The van der Waals surface area contributed by atoms with Crippen molar-refractivity contribution in [3.8, 4) is 11.5 Å². The highest BCUT2D eigenvalue weighted by Crippen LogP contribution is 2.29. The lowest BCUT2D eigenvalue weighted by Crippen LogP contribution is -2.34. The highest BCUT2D eigenvalue weighted by atomic mass is 16.5. The van der Waals surface area contributed by atoms with Gasteiger partial charge in [0.1, 0.15) is 0 Å². The SMILES string of the molecule is COc1ccc(CN)cc1OCC1CCCN(C)C1. The zero-order valence-corrected chi connectivity index (χ0v) is 11.9. The Morgan fingerprint density at radius 1 is 1.37 bits per heavy atom. The molecular weight excluding hydrogens is 240 g/mol. The molecule has 1 aromatic rings. The molecule has 0 aliphatic carbocycles. The minimum absolute atomic E-state index is 0.520. The normalized spacial score (nSPS) is 20.3. The summed E-state index contributed by atoms with van der Waals surface area (Å²) in [7, 11) is 3.83. The Hall–Kier alpha value is -1.26. The first kappa shape index (κ1) is 14.2. The van der Waals surface area contributed by atoms with E-state index >= 15 is 0 Å². The van der Waals surface area contributed by atoms with Crippen LogP contribution in [0.15, 0.2) is 18.2 Å². The second-order valence-electron chi connectivity index (χ2n) is 5.27. The molecule has 19 heavy (non-hydrogen) atoms. The van der Waals surface area contributed by atoms with Crippen LogP contribution in [0.3, 0.4) is 0 Å². The summed E-state index contributed by atoms with van der Waals surface area (Å²) >= 11 is 0. The Kier molecular flexibility index (Phi) is 5.05. The number of nitrogens with two attached hydrogens (primary N) is 1. The summed E-state index contributed by atoms with van der Waals surface area (Å²) < 4.78 is 11.3. The van der Waals surface area contributed by atoms with Crippen LogP contribution in [0.5, 0.6) is 11.5 Å². The molecule has 2 N–H and O–H groups in total. The maximum atomic E-state index is 5.95. The van der Waals surface area contributed by atoms with Crippen LogP contribution in [-0.4, -0.2) is 38.8 Å². The van der Waals surface area contributed by atoms with Crippen molar-refractivity contribution in [2.24, 2.45) is 11.7 Å². The van der Waals surface area contributed by atoms with E-state index < -0.39 is 0 Å². The van der Waals surface area contributed by atoms with E-state index in [4.69, 9.17) is 15.2 Å². The lowest BCUT2D eigenvalue weighted by molar-refractivity contribution is 0.148. The van der Waals surface area contributed by atoms with Gasteiger partial charge in [-0.05, 0) is 44.1 Å². The molecule has 1 aliphatic rings. The third-order valence-electron chi connectivity index (χ3n) is 3.66. The van der Waals surface area contributed by atoms with Crippen LogP contribution in [0, 0.1) is 5.92 Å². The number of hydrogen-bond donors (Lipinski definition) is 1. The topological polar surface area (TPSA) is 47.7 Å². The van der Waals surface area contributed by atoms with Gasteiger partial charge in [-0.2, -0.15) is 0 Å². The van der Waals surface area contributed by atoms with Gasteiger partial charge in [0.2, 0.25) is 0 Å². The molecule has 1 aliphatic heterocycles. The van der Waals surface area contributed by atoms with Gasteiger partial charge < -0.3 is 20.1 Å². The van der Waals surface area contributed by atoms with E-state index in [1.807, 2.05) is 18.2 Å². The van der Waals surface area contributed by atoms with Crippen LogP contribution in [0.25, 0.3) is 0 Å². The lowest BCUT2D eigenvalue weighted by Gasteiger charge is -2.29. The zero-order chi connectivity index (χ0) is 13.7. The van der Waals surface area contributed by atoms with Crippen molar-refractivity contribution in [1.29, 1.82) is 0 Å². The highest BCUT2D eigenvalue weighted by Gasteiger charge is 2.18. The standard InChI is InChI=1S/C15H24N2O2/c1-17-7-3-4-13(10-17)11-19-15-8-12(9-16)5-6-14(15)18-2/h5-6,8,13H,3-4,7,9-11,16H2,1-2H3. The molecule has 1 atom stereocenters. The Bertz CT molecular complexity index is 409. The molecule has 1 aromatic carbocycles. The van der Waals surface area contributed by atoms with Crippen LogP contribution in [0.1, 0.15) is 18.4 Å². The highest BCUT2D eigenvalue weighted by molar-refractivity contribution is 5.42. The van der Waals surface area contributed by atoms with Crippen LogP contribution >= 0.6 is 0 Å². The summed E-state index contributed by atoms with van der Waals surface area (Å²) in [5, 5.41) is 0. The van der Waals surface area contributed by atoms with Gasteiger partial charge in [-0.3, -0.25) is 0 Å². The molecule has 0 saturated carbocycles. The molecule has 1 saturated heterocycles. The molecule has 0 aromatic heterocycles. The molecule has 4 heteroatoms. The monoisotopic (exact) mass is 264 g/mol. The second-order valence-corrected chi connectivity index (χ2v) is 5.27. The van der Waals surface area contributed by atoms with Gasteiger partial charge in [0.25, 0.3) is 0 Å². The molecule has 0 bridgehead atoms. The van der Waals surface area contributed by atoms with Crippen LogP contribution in [-0.2, 0) is 6.54 Å². The Balaban J connectivity index is 1.97. The Morgan fingerprint density at radius 3 is 2.89 bits per heavy atom. The lowest BCUT2D eigenvalue weighted by atomic mass is 9.99. The summed E-state index contributed by atoms with van der Waals surface area (Å²) in [4.78, 5) is 2.37. The van der Waals surface area contributed by atoms with Gasteiger partial charge >= 0.3 is 0 Å². The summed E-state index contributed by atoms with van der Waals surface area (Å²) in [5.41, 5.74) is 6.73. The van der Waals surface area contributed by atoms with Crippen molar-refractivity contribution < 1.29 is 9.47 Å². The van der Waals surface area contributed by atoms with Crippen molar-refractivity contribution in [3.63, 3.8) is 0 Å². The van der Waals surface area contributed by atoms with E-state index in [2.05, 4.69) is 11.9 Å². The second kappa shape index (κ2) is 6.78. The summed E-state index contributed by atoms with van der Waals surface area (Å²) in [6.07, 6.45) is 2.49. The molecule has 0 amide bonds. The number of hydrogen-bond acceptors (Lipinski definition) is 4. The minimum Gasteiger partial charge on any atom is -0.493 e. The van der Waals surface area contributed by atoms with Gasteiger partial charge in [-0.15, -0.1) is 0 Å². The first-order valence-electron chi connectivity index (χ1n) is 6.91. The van der Waals surface area contributed by atoms with E-state index in [1.165, 1.54) is 19.4 Å². The number of methoxy groups -OCH3 is 1. The Labute approximate surface area is 115 Å². The number of likely N-dealkylation sites (tertiary alicyclic amines) is 1. The average Bonchev–Trinajstić information content (AvgIpc) is 2.45. The Morgan fingerprint density at radius 2 is 2.21 bits per heavy atom. The van der Waals surface area contributed by atoms with E-state index in [0.29, 0.717) is 12.5 Å². The van der Waals surface area contributed by atoms with Crippen molar-refractivity contribution >= 4 is 0 Å². The third-order valence-corrected chi connectivity index (χ3v) is 3.66. The van der Waals surface area contributed by atoms with Gasteiger partial charge in [0.15, 0.2) is 11.5 Å². The van der Waals surface area contributed by atoms with Crippen LogP contribution < -0.4 is 15.2 Å². The van der Waals surface area contributed by atoms with E-state index in [1.54, 1.807) is 7.11 Å². The number of ether oxygens (including phenoxy) is 2. The minimum atomic E-state index is 0.520. The maximum absolute atomic E-state index is 5.95. The molecule has 1 heterocycles. The van der Waals surface area contributed by atoms with Gasteiger partial charge in [0, 0.05) is 19.0 Å². The van der Waals surface area contributed by atoms with Crippen LogP contribution in [0.4, 0.5) is 0 Å². The third kappa shape index (κ3) is 3.85. The van der Waals surface area contributed by atoms with E-state index in [-0.39, 0.29) is 0 Å². The first-order chi connectivity index (χ1) is 9.22. The largest absolute Gasteiger partial charge is 0.493 e.